The molecule has 4 aromatic rings. The van der Waals surface area contributed by atoms with Gasteiger partial charge in [0.15, 0.2) is 23.3 Å². The third kappa shape index (κ3) is 3.44. The number of hydrogen-bond acceptors (Lipinski definition) is 5. The van der Waals surface area contributed by atoms with Crippen molar-refractivity contribution in [1.29, 1.82) is 0 Å². The highest BCUT2D eigenvalue weighted by molar-refractivity contribution is 7.92. The van der Waals surface area contributed by atoms with Crippen molar-refractivity contribution in [2.75, 3.05) is 10.5 Å². The smallest absolute Gasteiger partial charge is 0.262 e. The van der Waals surface area contributed by atoms with Crippen LogP contribution in [0.5, 0.6) is 0 Å². The number of anilines is 2. The van der Waals surface area contributed by atoms with Gasteiger partial charge in [0.2, 0.25) is 0 Å². The summed E-state index contributed by atoms with van der Waals surface area (Å²) in [5.74, 6) is -6.07. The summed E-state index contributed by atoms with van der Waals surface area (Å²) in [6.07, 6.45) is 2.81. The number of aryl methyl sites for hydroxylation is 1. The molecule has 2 aromatic heterocycles. The summed E-state index contributed by atoms with van der Waals surface area (Å²) in [5.41, 5.74) is 6.16. The van der Waals surface area contributed by atoms with Crippen LogP contribution in [0.4, 0.5) is 29.1 Å². The first-order chi connectivity index (χ1) is 14.6. The number of rotatable bonds is 4. The molecule has 0 fully saturated rings. The number of nitrogens with one attached hydrogen (secondary N) is 1. The van der Waals surface area contributed by atoms with E-state index >= 15 is 4.39 Å². The zero-order valence-electron chi connectivity index (χ0n) is 15.7. The fourth-order valence-corrected chi connectivity index (χ4v) is 4.23. The van der Waals surface area contributed by atoms with E-state index in [2.05, 4.69) is 9.97 Å². The maximum absolute atomic E-state index is 15.3. The highest BCUT2D eigenvalue weighted by Crippen LogP contribution is 2.36. The fourth-order valence-electron chi connectivity index (χ4n) is 3.15. The van der Waals surface area contributed by atoms with Crippen molar-refractivity contribution in [1.82, 2.24) is 14.5 Å². The van der Waals surface area contributed by atoms with Crippen LogP contribution in [0, 0.1) is 23.3 Å². The van der Waals surface area contributed by atoms with Crippen LogP contribution >= 0.6 is 0 Å². The van der Waals surface area contributed by atoms with E-state index in [9.17, 15) is 21.6 Å². The molecule has 31 heavy (non-hydrogen) atoms. The molecule has 0 saturated heterocycles. The Labute approximate surface area is 173 Å². The third-order valence-electron chi connectivity index (χ3n) is 4.58. The number of sulfonamides is 1. The van der Waals surface area contributed by atoms with Crippen LogP contribution in [0.25, 0.3) is 22.2 Å². The third-order valence-corrected chi connectivity index (χ3v) is 5.93. The van der Waals surface area contributed by atoms with Gasteiger partial charge in [-0.05, 0) is 18.2 Å². The second-order valence-corrected chi connectivity index (χ2v) is 8.27. The van der Waals surface area contributed by atoms with Gasteiger partial charge in [-0.15, -0.1) is 0 Å². The Hall–Kier alpha value is -3.67. The Morgan fingerprint density at radius 3 is 2.35 bits per heavy atom. The number of nitrogens with two attached hydrogens (primary N) is 1. The van der Waals surface area contributed by atoms with Gasteiger partial charge in [0.05, 0.1) is 16.0 Å². The number of benzene rings is 2. The van der Waals surface area contributed by atoms with Crippen molar-refractivity contribution in [2.24, 2.45) is 7.05 Å². The zero-order valence-corrected chi connectivity index (χ0v) is 16.5. The summed E-state index contributed by atoms with van der Waals surface area (Å²) in [6.45, 7) is 0. The van der Waals surface area contributed by atoms with Crippen molar-refractivity contribution in [3.05, 3.63) is 66.1 Å². The van der Waals surface area contributed by atoms with E-state index < -0.39 is 43.9 Å². The highest BCUT2D eigenvalue weighted by atomic mass is 32.2. The van der Waals surface area contributed by atoms with Gasteiger partial charge >= 0.3 is 0 Å². The molecule has 0 aliphatic heterocycles. The van der Waals surface area contributed by atoms with E-state index in [1.165, 1.54) is 18.5 Å². The first-order valence-corrected chi connectivity index (χ1v) is 10.1. The predicted octanol–water partition coefficient (Wildman–Crippen LogP) is 3.57. The number of nitrogens with zero attached hydrogens (tertiary/aromatic N) is 3. The summed E-state index contributed by atoms with van der Waals surface area (Å²) in [6, 6.07) is 4.49. The van der Waals surface area contributed by atoms with Crippen LogP contribution in [-0.4, -0.2) is 23.0 Å². The Morgan fingerprint density at radius 2 is 1.68 bits per heavy atom. The number of aromatic nitrogens is 3. The lowest BCUT2D eigenvalue weighted by Crippen LogP contribution is -2.15. The summed E-state index contributed by atoms with van der Waals surface area (Å²) >= 11 is 0. The molecule has 2 aromatic carbocycles. The number of nitrogen functional groups attached to an aromatic ring is 1. The fraction of sp³-hybridized carbons (Fsp3) is 0.0526. The summed E-state index contributed by atoms with van der Waals surface area (Å²) in [5, 5.41) is 0.367. The van der Waals surface area contributed by atoms with Crippen molar-refractivity contribution in [3.8, 4) is 11.1 Å². The topological polar surface area (TPSA) is 103 Å². The summed E-state index contributed by atoms with van der Waals surface area (Å²) < 4.78 is 83.9. The second-order valence-electron chi connectivity index (χ2n) is 6.58. The van der Waals surface area contributed by atoms with Gasteiger partial charge in [0.1, 0.15) is 17.8 Å². The maximum atomic E-state index is 15.3. The minimum Gasteiger partial charge on any atom is -0.383 e. The van der Waals surface area contributed by atoms with E-state index in [0.29, 0.717) is 28.7 Å². The molecule has 0 unspecified atom stereocenters. The van der Waals surface area contributed by atoms with Crippen LogP contribution in [0.15, 0.2) is 47.8 Å². The molecular weight excluding hydrogens is 438 g/mol. The molecule has 0 amide bonds. The normalized spacial score (nSPS) is 11.8. The maximum Gasteiger partial charge on any atom is 0.262 e. The van der Waals surface area contributed by atoms with Crippen LogP contribution in [-0.2, 0) is 17.1 Å². The van der Waals surface area contributed by atoms with Crippen molar-refractivity contribution >= 4 is 32.6 Å². The standard InChI is InChI=1S/C19H13F4N5O2S/c1-28-7-11(15-18(24)25-8-26-19(15)28)10-3-2-4-14(16(10)22)27-31(29,30)9-5-12(20)17(23)13(21)6-9/h2-8,27H,1H3,(H2,24,25,26). The van der Waals surface area contributed by atoms with E-state index in [1.807, 2.05) is 4.72 Å². The van der Waals surface area contributed by atoms with E-state index in [0.717, 1.165) is 6.07 Å². The van der Waals surface area contributed by atoms with E-state index in [1.54, 1.807) is 17.8 Å². The van der Waals surface area contributed by atoms with Gasteiger partial charge in [-0.3, -0.25) is 4.72 Å². The average molecular weight is 451 g/mol. The molecule has 0 atom stereocenters. The highest BCUT2D eigenvalue weighted by Gasteiger charge is 2.23. The molecule has 0 saturated carbocycles. The molecule has 2 heterocycles. The molecule has 0 aliphatic carbocycles. The van der Waals surface area contributed by atoms with Crippen LogP contribution in [0.1, 0.15) is 0 Å². The minimum absolute atomic E-state index is 0.0104. The molecule has 7 nitrogen and oxygen atoms in total. The van der Waals surface area contributed by atoms with Gasteiger partial charge in [-0.25, -0.2) is 35.9 Å². The van der Waals surface area contributed by atoms with Gasteiger partial charge in [0, 0.05) is 24.4 Å². The van der Waals surface area contributed by atoms with Crippen LogP contribution in [0.3, 0.4) is 0 Å². The average Bonchev–Trinajstić information content (AvgIpc) is 3.05. The lowest BCUT2D eigenvalue weighted by molar-refractivity contribution is 0.442. The molecule has 0 radical (unpaired) electrons. The van der Waals surface area contributed by atoms with Crippen LogP contribution in [0.2, 0.25) is 0 Å². The lowest BCUT2D eigenvalue weighted by Gasteiger charge is -2.12. The number of halogens is 4. The summed E-state index contributed by atoms with van der Waals surface area (Å²) in [4.78, 5) is 7.09. The molecule has 4 rings (SSSR count). The first kappa shape index (κ1) is 20.6. The quantitative estimate of drug-likeness (QED) is 0.365. The SMILES string of the molecule is Cn1cc(-c2cccc(NS(=O)(=O)c3cc(F)c(F)c(F)c3)c2F)c2c(N)ncnc21. The van der Waals surface area contributed by atoms with Crippen molar-refractivity contribution in [3.63, 3.8) is 0 Å². The van der Waals surface area contributed by atoms with Gasteiger partial charge in [0.25, 0.3) is 10.0 Å². The predicted molar refractivity (Wildman–Crippen MR) is 105 cm³/mol. The van der Waals surface area contributed by atoms with E-state index in [4.69, 9.17) is 5.73 Å². The Kier molecular flexibility index (Phi) is 4.81. The summed E-state index contributed by atoms with van der Waals surface area (Å²) in [7, 11) is -2.97. The molecule has 0 bridgehead atoms. The number of hydrogen-bond donors (Lipinski definition) is 2. The molecule has 12 heteroatoms. The molecule has 160 valence electrons. The molecule has 0 aliphatic rings. The van der Waals surface area contributed by atoms with Gasteiger partial charge in [-0.1, -0.05) is 12.1 Å². The molecule has 3 N–H and O–H groups in total. The second kappa shape index (κ2) is 7.23. The largest absolute Gasteiger partial charge is 0.383 e. The van der Waals surface area contributed by atoms with Crippen molar-refractivity contribution in [2.45, 2.75) is 4.90 Å². The minimum atomic E-state index is -4.63. The molecular formula is C19H13F4N5O2S. The van der Waals surface area contributed by atoms with Crippen LogP contribution < -0.4 is 10.5 Å². The number of fused-ring (bicyclic) bond motifs is 1. The van der Waals surface area contributed by atoms with Gasteiger partial charge < -0.3 is 10.3 Å². The van der Waals surface area contributed by atoms with Gasteiger partial charge in [-0.2, -0.15) is 0 Å². The zero-order chi connectivity index (χ0) is 22.5. The van der Waals surface area contributed by atoms with E-state index in [-0.39, 0.29) is 11.4 Å². The van der Waals surface area contributed by atoms with Crippen molar-refractivity contribution < 1.29 is 26.0 Å². The monoisotopic (exact) mass is 451 g/mol. The Bertz CT molecular complexity index is 1430. The Balaban J connectivity index is 1.81. The Morgan fingerprint density at radius 1 is 1.00 bits per heavy atom. The first-order valence-electron chi connectivity index (χ1n) is 8.62. The molecule has 0 spiro atoms. The lowest BCUT2D eigenvalue weighted by atomic mass is 10.0.